The van der Waals surface area contributed by atoms with Crippen LogP contribution in [0.25, 0.3) is 0 Å². The van der Waals surface area contributed by atoms with Gasteiger partial charge in [-0.15, -0.1) is 0 Å². The highest BCUT2D eigenvalue weighted by molar-refractivity contribution is 5.43. The Bertz CT molecular complexity index is 460. The van der Waals surface area contributed by atoms with Gasteiger partial charge in [-0.05, 0) is 26.4 Å². The summed E-state index contributed by atoms with van der Waals surface area (Å²) in [6.45, 7) is 4.54. The minimum Gasteiger partial charge on any atom is -0.396 e. The van der Waals surface area contributed by atoms with Crippen LogP contribution in [0.2, 0.25) is 0 Å². The molecule has 0 aliphatic carbocycles. The summed E-state index contributed by atoms with van der Waals surface area (Å²) in [5, 5.41) is 13.0. The van der Waals surface area contributed by atoms with Gasteiger partial charge < -0.3 is 14.9 Å². The van der Waals surface area contributed by atoms with E-state index in [1.807, 2.05) is 0 Å². The van der Waals surface area contributed by atoms with E-state index in [4.69, 9.17) is 5.11 Å². The summed E-state index contributed by atoms with van der Waals surface area (Å²) in [5.41, 5.74) is 0.809. The molecule has 0 radical (unpaired) electrons. The maximum absolute atomic E-state index is 11.9. The number of aromatic nitrogens is 2. The van der Waals surface area contributed by atoms with Crippen LogP contribution in [0, 0.1) is 0 Å². The highest BCUT2D eigenvalue weighted by atomic mass is 16.3. The summed E-state index contributed by atoms with van der Waals surface area (Å²) >= 11 is 0. The van der Waals surface area contributed by atoms with E-state index in [-0.39, 0.29) is 12.2 Å². The molecule has 1 saturated heterocycles. The molecule has 1 aromatic rings. The Hall–Kier alpha value is -1.40. The van der Waals surface area contributed by atoms with Gasteiger partial charge in [-0.25, -0.2) is 4.68 Å². The molecule has 6 heteroatoms. The summed E-state index contributed by atoms with van der Waals surface area (Å²) in [5.74, 6) is 0. The Balaban J connectivity index is 2.08. The Morgan fingerprint density at radius 3 is 2.89 bits per heavy atom. The van der Waals surface area contributed by atoms with Crippen molar-refractivity contribution in [2.75, 3.05) is 44.7 Å². The van der Waals surface area contributed by atoms with Gasteiger partial charge in [0.05, 0.1) is 11.9 Å². The largest absolute Gasteiger partial charge is 0.396 e. The van der Waals surface area contributed by atoms with Gasteiger partial charge in [0, 0.05) is 38.9 Å². The second kappa shape index (κ2) is 6.68. The maximum Gasteiger partial charge on any atom is 0.268 e. The third kappa shape index (κ3) is 3.78. The number of aliphatic hydroxyl groups excluding tert-OH is 1. The van der Waals surface area contributed by atoms with Crippen LogP contribution in [0.3, 0.4) is 0 Å². The molecule has 0 aromatic carbocycles. The lowest BCUT2D eigenvalue weighted by Crippen LogP contribution is -2.31. The molecule has 106 valence electrons. The molecular weight excluding hydrogens is 244 g/mol. The van der Waals surface area contributed by atoms with Gasteiger partial charge in [-0.1, -0.05) is 0 Å². The molecule has 6 nitrogen and oxygen atoms in total. The molecule has 2 rings (SSSR count). The normalized spacial score (nSPS) is 17.5. The predicted molar refractivity (Wildman–Crippen MR) is 74.5 cm³/mol. The molecule has 0 atom stereocenters. The van der Waals surface area contributed by atoms with Gasteiger partial charge in [0.25, 0.3) is 5.56 Å². The second-order valence-electron chi connectivity index (χ2n) is 5.00. The van der Waals surface area contributed by atoms with E-state index in [0.29, 0.717) is 13.0 Å². The summed E-state index contributed by atoms with van der Waals surface area (Å²) in [6.07, 6.45) is 3.41. The molecule has 2 heterocycles. The van der Waals surface area contributed by atoms with Crippen LogP contribution in [0.1, 0.15) is 12.8 Å². The average molecular weight is 266 g/mol. The summed E-state index contributed by atoms with van der Waals surface area (Å²) in [7, 11) is 2.12. The van der Waals surface area contributed by atoms with Crippen LogP contribution in [0.5, 0.6) is 0 Å². The molecule has 0 bridgehead atoms. The van der Waals surface area contributed by atoms with Crippen molar-refractivity contribution < 1.29 is 5.11 Å². The number of rotatable bonds is 4. The summed E-state index contributed by atoms with van der Waals surface area (Å²) in [4.78, 5) is 16.4. The first-order valence-corrected chi connectivity index (χ1v) is 6.82. The molecule has 0 spiro atoms. The average Bonchev–Trinajstić information content (AvgIpc) is 2.62. The number of aliphatic hydroxyl groups is 1. The van der Waals surface area contributed by atoms with Gasteiger partial charge in [0.15, 0.2) is 0 Å². The van der Waals surface area contributed by atoms with Gasteiger partial charge in [0.1, 0.15) is 0 Å². The van der Waals surface area contributed by atoms with E-state index >= 15 is 0 Å². The molecule has 0 saturated carbocycles. The molecule has 1 aliphatic heterocycles. The van der Waals surface area contributed by atoms with Crippen molar-refractivity contribution in [1.29, 1.82) is 0 Å². The SMILES string of the molecule is CN1CCCN(c2cnn(CCCO)c(=O)c2)CC1. The fraction of sp³-hybridized carbons (Fsp3) is 0.692. The first kappa shape index (κ1) is 14.0. The van der Waals surface area contributed by atoms with Crippen LogP contribution < -0.4 is 10.5 Å². The number of aryl methyl sites for hydroxylation is 1. The van der Waals surface area contributed by atoms with Crippen molar-refractivity contribution in [3.63, 3.8) is 0 Å². The van der Waals surface area contributed by atoms with Crippen molar-refractivity contribution in [2.24, 2.45) is 0 Å². The third-order valence-corrected chi connectivity index (χ3v) is 3.47. The maximum atomic E-state index is 11.9. The van der Waals surface area contributed by atoms with E-state index in [9.17, 15) is 4.79 Å². The number of likely N-dealkylation sites (N-methyl/N-ethyl adjacent to an activating group) is 1. The van der Waals surface area contributed by atoms with Gasteiger partial charge >= 0.3 is 0 Å². The van der Waals surface area contributed by atoms with E-state index < -0.39 is 0 Å². The lowest BCUT2D eigenvalue weighted by molar-refractivity contribution is 0.275. The summed E-state index contributed by atoms with van der Waals surface area (Å²) in [6, 6.07) is 1.65. The lowest BCUT2D eigenvalue weighted by atomic mass is 10.3. The molecule has 1 N–H and O–H groups in total. The number of hydrogen-bond acceptors (Lipinski definition) is 5. The van der Waals surface area contributed by atoms with Gasteiger partial charge in [-0.2, -0.15) is 5.10 Å². The molecular formula is C13H22N4O2. The van der Waals surface area contributed by atoms with Gasteiger partial charge in [0.2, 0.25) is 0 Å². The van der Waals surface area contributed by atoms with Crippen LogP contribution in [-0.2, 0) is 6.54 Å². The quantitative estimate of drug-likeness (QED) is 0.815. The monoisotopic (exact) mass is 266 g/mol. The first-order valence-electron chi connectivity index (χ1n) is 6.82. The minimum atomic E-state index is -0.0939. The number of hydrogen-bond donors (Lipinski definition) is 1. The highest BCUT2D eigenvalue weighted by Gasteiger charge is 2.13. The fourth-order valence-electron chi connectivity index (χ4n) is 2.29. The zero-order chi connectivity index (χ0) is 13.7. The van der Waals surface area contributed by atoms with Crippen LogP contribution in [0.4, 0.5) is 5.69 Å². The van der Waals surface area contributed by atoms with E-state index in [0.717, 1.165) is 38.3 Å². The number of nitrogens with zero attached hydrogens (tertiary/aromatic N) is 4. The van der Waals surface area contributed by atoms with Crippen LogP contribution in [0.15, 0.2) is 17.1 Å². The topological polar surface area (TPSA) is 61.6 Å². The Morgan fingerprint density at radius 2 is 2.16 bits per heavy atom. The second-order valence-corrected chi connectivity index (χ2v) is 5.00. The van der Waals surface area contributed by atoms with Crippen LogP contribution in [-0.4, -0.2) is 59.6 Å². The molecule has 1 aromatic heterocycles. The molecule has 1 aliphatic rings. The zero-order valence-corrected chi connectivity index (χ0v) is 11.5. The van der Waals surface area contributed by atoms with Crippen molar-refractivity contribution in [1.82, 2.24) is 14.7 Å². The van der Waals surface area contributed by atoms with E-state index in [1.54, 1.807) is 12.3 Å². The standard InChI is InChI=1S/C13H22N4O2/c1-15-4-2-5-16(8-7-15)12-10-13(19)17(14-11-12)6-3-9-18/h10-11,18H,2-9H2,1H3. The summed E-state index contributed by atoms with van der Waals surface area (Å²) < 4.78 is 1.41. The Labute approximate surface area is 113 Å². The highest BCUT2D eigenvalue weighted by Crippen LogP contribution is 2.12. The zero-order valence-electron chi connectivity index (χ0n) is 11.5. The van der Waals surface area contributed by atoms with Crippen LogP contribution >= 0.6 is 0 Å². The molecule has 19 heavy (non-hydrogen) atoms. The number of anilines is 1. The Morgan fingerprint density at radius 1 is 1.32 bits per heavy atom. The Kier molecular flexibility index (Phi) is 4.93. The molecule has 1 fully saturated rings. The van der Waals surface area contributed by atoms with Gasteiger partial charge in [-0.3, -0.25) is 4.79 Å². The van der Waals surface area contributed by atoms with Crippen molar-refractivity contribution in [3.8, 4) is 0 Å². The lowest BCUT2D eigenvalue weighted by Gasteiger charge is -2.22. The first-order chi connectivity index (χ1) is 9.20. The van der Waals surface area contributed by atoms with E-state index in [1.165, 1.54) is 4.68 Å². The van der Waals surface area contributed by atoms with Crippen molar-refractivity contribution in [3.05, 3.63) is 22.6 Å². The smallest absolute Gasteiger partial charge is 0.268 e. The van der Waals surface area contributed by atoms with Crippen molar-refractivity contribution >= 4 is 5.69 Å². The van der Waals surface area contributed by atoms with E-state index in [2.05, 4.69) is 21.9 Å². The molecule has 0 unspecified atom stereocenters. The third-order valence-electron chi connectivity index (χ3n) is 3.47. The molecule has 0 amide bonds. The van der Waals surface area contributed by atoms with Crippen molar-refractivity contribution in [2.45, 2.75) is 19.4 Å². The predicted octanol–water partition coefficient (Wildman–Crippen LogP) is -0.232. The fourth-order valence-corrected chi connectivity index (χ4v) is 2.29. The minimum absolute atomic E-state index is 0.0777.